The fourth-order valence-electron chi connectivity index (χ4n) is 4.00. The summed E-state index contributed by atoms with van der Waals surface area (Å²) >= 11 is 5.84. The van der Waals surface area contributed by atoms with Crippen LogP contribution in [0.5, 0.6) is 5.75 Å². The first kappa shape index (κ1) is 27.7. The number of hydrogen-bond donors (Lipinski definition) is 2. The fourth-order valence-corrected chi connectivity index (χ4v) is 5.21. The molecule has 0 amide bonds. The number of aromatic nitrogens is 1. The number of ether oxygens (including phenoxy) is 1. The van der Waals surface area contributed by atoms with Crippen LogP contribution in [-0.2, 0) is 10.0 Å². The first-order chi connectivity index (χ1) is 18.6. The number of sulfonamides is 1. The minimum atomic E-state index is -4.08. The lowest BCUT2D eigenvalue weighted by Crippen LogP contribution is -2.13. The van der Waals surface area contributed by atoms with Gasteiger partial charge in [0.15, 0.2) is 0 Å². The molecule has 0 fully saturated rings. The van der Waals surface area contributed by atoms with E-state index >= 15 is 0 Å². The van der Waals surface area contributed by atoms with Crippen molar-refractivity contribution in [3.8, 4) is 11.4 Å². The molecule has 0 aliphatic rings. The lowest BCUT2D eigenvalue weighted by Gasteiger charge is -2.11. The molecule has 4 aromatic rings. The molecule has 1 aromatic heterocycles. The number of nitrogens with zero attached hydrogens (tertiary/aromatic N) is 3. The number of nitro groups is 1. The van der Waals surface area contributed by atoms with Gasteiger partial charge in [0.05, 0.1) is 22.6 Å². The summed E-state index contributed by atoms with van der Waals surface area (Å²) in [6.45, 7) is 6.43. The van der Waals surface area contributed by atoms with Gasteiger partial charge in [-0.05, 0) is 87.5 Å². The number of halogens is 1. The zero-order valence-electron chi connectivity index (χ0n) is 21.4. The quantitative estimate of drug-likeness (QED) is 0.131. The Balaban J connectivity index is 1.54. The van der Waals surface area contributed by atoms with E-state index in [0.29, 0.717) is 11.6 Å². The van der Waals surface area contributed by atoms with Crippen LogP contribution >= 0.6 is 11.6 Å². The molecule has 12 heteroatoms. The van der Waals surface area contributed by atoms with Crippen molar-refractivity contribution >= 4 is 44.9 Å². The number of nitro benzene ring substituents is 1. The number of anilines is 2. The molecule has 202 valence electrons. The second-order valence-electron chi connectivity index (χ2n) is 8.51. The molecule has 0 saturated heterocycles. The maximum absolute atomic E-state index is 12.8. The topological polar surface area (TPSA) is 128 Å². The predicted molar refractivity (Wildman–Crippen MR) is 153 cm³/mol. The Morgan fingerprint density at radius 2 is 1.74 bits per heavy atom. The van der Waals surface area contributed by atoms with Crippen LogP contribution < -0.4 is 14.9 Å². The van der Waals surface area contributed by atoms with E-state index in [0.717, 1.165) is 34.5 Å². The van der Waals surface area contributed by atoms with Crippen LogP contribution in [0.2, 0.25) is 5.02 Å². The van der Waals surface area contributed by atoms with E-state index in [9.17, 15) is 18.5 Å². The van der Waals surface area contributed by atoms with Crippen LogP contribution in [0.1, 0.15) is 23.9 Å². The summed E-state index contributed by atoms with van der Waals surface area (Å²) < 4.78 is 35.5. The molecule has 2 N–H and O–H groups in total. The normalized spacial score (nSPS) is 11.5. The number of benzene rings is 3. The molecule has 4 rings (SSSR count). The first-order valence-electron chi connectivity index (χ1n) is 11.9. The van der Waals surface area contributed by atoms with Gasteiger partial charge in [0.2, 0.25) is 0 Å². The molecular formula is C27H26ClN5O5S. The van der Waals surface area contributed by atoms with Crippen molar-refractivity contribution in [2.45, 2.75) is 25.7 Å². The smallest absolute Gasteiger partial charge is 0.295 e. The highest BCUT2D eigenvalue weighted by atomic mass is 35.5. The summed E-state index contributed by atoms with van der Waals surface area (Å²) in [5, 5.41) is 16.4. The van der Waals surface area contributed by atoms with Crippen molar-refractivity contribution in [2.24, 2.45) is 5.10 Å². The van der Waals surface area contributed by atoms with Gasteiger partial charge in [-0.3, -0.25) is 20.3 Å². The van der Waals surface area contributed by atoms with Gasteiger partial charge in [-0.1, -0.05) is 11.6 Å². The van der Waals surface area contributed by atoms with Gasteiger partial charge in [-0.2, -0.15) is 5.10 Å². The highest BCUT2D eigenvalue weighted by Crippen LogP contribution is 2.29. The van der Waals surface area contributed by atoms with Crippen molar-refractivity contribution < 1.29 is 18.1 Å². The molecule has 0 radical (unpaired) electrons. The maximum Gasteiger partial charge on any atom is 0.295 e. The minimum absolute atomic E-state index is 0.0435. The van der Waals surface area contributed by atoms with E-state index in [-0.39, 0.29) is 16.3 Å². The van der Waals surface area contributed by atoms with Crippen LogP contribution in [0.15, 0.2) is 82.8 Å². The molecule has 0 aliphatic heterocycles. The van der Waals surface area contributed by atoms with Crippen LogP contribution in [-0.4, -0.2) is 30.7 Å². The molecule has 0 bridgehead atoms. The highest BCUT2D eigenvalue weighted by molar-refractivity contribution is 7.92. The lowest BCUT2D eigenvalue weighted by atomic mass is 10.2. The van der Waals surface area contributed by atoms with E-state index in [1.54, 1.807) is 6.21 Å². The monoisotopic (exact) mass is 567 g/mol. The van der Waals surface area contributed by atoms with Crippen molar-refractivity contribution in [1.82, 2.24) is 4.57 Å². The van der Waals surface area contributed by atoms with E-state index < -0.39 is 20.6 Å². The standard InChI is InChI=1S/C27H26ClN5O5S/c1-4-38-24-11-9-23(10-12-24)32-18(2)15-20(19(32)3)17-29-30-26-14-13-25(16-27(26)33(34)35)39(36,37)31-22-7-5-21(28)6-8-22/h5-17,30-31H,4H2,1-3H3/b29-17+. The Bertz CT molecular complexity index is 1630. The van der Waals surface area contributed by atoms with E-state index in [4.69, 9.17) is 16.3 Å². The highest BCUT2D eigenvalue weighted by Gasteiger charge is 2.22. The third-order valence-corrected chi connectivity index (χ3v) is 7.47. The van der Waals surface area contributed by atoms with E-state index in [1.807, 2.05) is 51.1 Å². The Morgan fingerprint density at radius 1 is 1.05 bits per heavy atom. The molecule has 1 heterocycles. The zero-order valence-corrected chi connectivity index (χ0v) is 23.0. The molecule has 0 spiro atoms. The molecule has 0 unspecified atom stereocenters. The number of hydrogen-bond acceptors (Lipinski definition) is 7. The van der Waals surface area contributed by atoms with Gasteiger partial charge in [0, 0.05) is 39.4 Å². The van der Waals surface area contributed by atoms with E-state index in [1.165, 1.54) is 36.4 Å². The second-order valence-corrected chi connectivity index (χ2v) is 10.6. The SMILES string of the molecule is CCOc1ccc(-n2c(C)cc(/C=N/Nc3ccc(S(=O)(=O)Nc4ccc(Cl)cc4)cc3[N+](=O)[O-])c2C)cc1. The third-order valence-electron chi connectivity index (χ3n) is 5.84. The summed E-state index contributed by atoms with van der Waals surface area (Å²) in [5.41, 5.74) is 6.21. The van der Waals surface area contributed by atoms with Crippen LogP contribution in [0.3, 0.4) is 0 Å². The summed E-state index contributed by atoms with van der Waals surface area (Å²) in [5.74, 6) is 0.788. The third kappa shape index (κ3) is 6.39. The largest absolute Gasteiger partial charge is 0.494 e. The molecule has 39 heavy (non-hydrogen) atoms. The summed E-state index contributed by atoms with van der Waals surface area (Å²) in [4.78, 5) is 10.8. The zero-order chi connectivity index (χ0) is 28.2. The Hall–Kier alpha value is -4.35. The lowest BCUT2D eigenvalue weighted by molar-refractivity contribution is -0.384. The number of rotatable bonds is 10. The Labute approximate surface area is 231 Å². The van der Waals surface area contributed by atoms with Gasteiger partial charge >= 0.3 is 0 Å². The molecule has 0 atom stereocenters. The van der Waals surface area contributed by atoms with Crippen molar-refractivity contribution in [1.29, 1.82) is 0 Å². The second kappa shape index (κ2) is 11.6. The van der Waals surface area contributed by atoms with Crippen LogP contribution in [0, 0.1) is 24.0 Å². The molecule has 0 aliphatic carbocycles. The first-order valence-corrected chi connectivity index (χ1v) is 13.7. The number of nitrogens with one attached hydrogen (secondary N) is 2. The van der Waals surface area contributed by atoms with E-state index in [2.05, 4.69) is 19.8 Å². The van der Waals surface area contributed by atoms with Gasteiger partial charge in [0.25, 0.3) is 15.7 Å². The van der Waals surface area contributed by atoms with Crippen molar-refractivity contribution in [3.05, 3.63) is 105 Å². The van der Waals surface area contributed by atoms with Crippen molar-refractivity contribution in [2.75, 3.05) is 16.8 Å². The van der Waals surface area contributed by atoms with Gasteiger partial charge in [-0.25, -0.2) is 8.42 Å². The Morgan fingerprint density at radius 3 is 2.38 bits per heavy atom. The average molecular weight is 568 g/mol. The number of aryl methyl sites for hydroxylation is 1. The van der Waals surface area contributed by atoms with Crippen LogP contribution in [0.4, 0.5) is 17.1 Å². The van der Waals surface area contributed by atoms with Gasteiger partial charge < -0.3 is 9.30 Å². The Kier molecular flexibility index (Phi) is 8.22. The minimum Gasteiger partial charge on any atom is -0.494 e. The van der Waals surface area contributed by atoms with Crippen LogP contribution in [0.25, 0.3) is 5.69 Å². The summed E-state index contributed by atoms with van der Waals surface area (Å²) in [6.07, 6.45) is 1.56. The molecular weight excluding hydrogens is 542 g/mol. The molecule has 10 nitrogen and oxygen atoms in total. The fraction of sp³-hybridized carbons (Fsp3) is 0.148. The molecule has 0 saturated carbocycles. The van der Waals surface area contributed by atoms with Crippen molar-refractivity contribution in [3.63, 3.8) is 0 Å². The van der Waals surface area contributed by atoms with Gasteiger partial charge in [0.1, 0.15) is 11.4 Å². The summed E-state index contributed by atoms with van der Waals surface area (Å²) in [6, 6.07) is 19.3. The molecule has 3 aromatic carbocycles. The van der Waals surface area contributed by atoms with Gasteiger partial charge in [-0.15, -0.1) is 0 Å². The average Bonchev–Trinajstić information content (AvgIpc) is 3.18. The maximum atomic E-state index is 12.8. The number of hydrazone groups is 1. The summed E-state index contributed by atoms with van der Waals surface area (Å²) in [7, 11) is -4.08. The predicted octanol–water partition coefficient (Wildman–Crippen LogP) is 6.30.